The molecule has 1 aromatic heterocycles. The number of aromatic carboxylic acids is 1. The largest absolute Gasteiger partial charge is 0.478 e. The van der Waals surface area contributed by atoms with Crippen molar-refractivity contribution in [3.05, 3.63) is 35.9 Å². The maximum Gasteiger partial charge on any atom is 0.336 e. The second kappa shape index (κ2) is 6.34. The molecule has 20 heavy (non-hydrogen) atoms. The lowest BCUT2D eigenvalue weighted by atomic mass is 10.1. The Hall–Kier alpha value is -2.14. The Morgan fingerprint density at radius 1 is 1.35 bits per heavy atom. The zero-order valence-corrected chi connectivity index (χ0v) is 11.6. The van der Waals surface area contributed by atoms with Crippen LogP contribution in [0.5, 0.6) is 0 Å². The minimum atomic E-state index is -0.941. The summed E-state index contributed by atoms with van der Waals surface area (Å²) in [6.45, 7) is 5.24. The van der Waals surface area contributed by atoms with Crippen molar-refractivity contribution < 1.29 is 14.6 Å². The molecule has 5 heteroatoms. The van der Waals surface area contributed by atoms with Gasteiger partial charge in [-0.05, 0) is 38.1 Å². The molecule has 0 unspecified atom stereocenters. The fourth-order valence-corrected chi connectivity index (χ4v) is 1.91. The average molecular weight is 274 g/mol. The van der Waals surface area contributed by atoms with E-state index in [-0.39, 0.29) is 11.7 Å². The molecule has 1 heterocycles. The van der Waals surface area contributed by atoms with Gasteiger partial charge in [-0.3, -0.25) is 0 Å². The number of aromatic nitrogens is 1. The molecule has 0 spiro atoms. The van der Waals surface area contributed by atoms with Crippen molar-refractivity contribution in [1.82, 2.24) is 4.98 Å². The Balaban J connectivity index is 2.12. The lowest BCUT2D eigenvalue weighted by Gasteiger charge is -2.10. The van der Waals surface area contributed by atoms with Gasteiger partial charge in [-0.15, -0.1) is 0 Å². The fraction of sp³-hybridized carbons (Fsp3) is 0.333. The Kier molecular flexibility index (Phi) is 4.53. The number of carboxylic acids is 1. The maximum absolute atomic E-state index is 11.1. The van der Waals surface area contributed by atoms with Gasteiger partial charge in [0.1, 0.15) is 5.82 Å². The van der Waals surface area contributed by atoms with Gasteiger partial charge in [-0.25, -0.2) is 9.78 Å². The van der Waals surface area contributed by atoms with Crippen LogP contribution in [0.1, 0.15) is 24.2 Å². The standard InChI is InChI=1S/C15H18N2O3/c1-10(2)20-9-8-16-14-7-6-11-12(15(18)19)4-3-5-13(11)17-14/h3-7,10H,8-9H2,1-2H3,(H,16,17)(H,18,19). The zero-order valence-electron chi connectivity index (χ0n) is 11.6. The van der Waals surface area contributed by atoms with Crippen LogP contribution in [0, 0.1) is 0 Å². The van der Waals surface area contributed by atoms with Gasteiger partial charge in [-0.1, -0.05) is 6.07 Å². The van der Waals surface area contributed by atoms with E-state index in [1.54, 1.807) is 30.3 Å². The molecule has 0 bridgehead atoms. The summed E-state index contributed by atoms with van der Waals surface area (Å²) in [7, 11) is 0. The summed E-state index contributed by atoms with van der Waals surface area (Å²) in [4.78, 5) is 15.5. The van der Waals surface area contributed by atoms with E-state index < -0.39 is 5.97 Å². The lowest BCUT2D eigenvalue weighted by Crippen LogP contribution is -2.13. The van der Waals surface area contributed by atoms with E-state index in [1.165, 1.54) is 0 Å². The topological polar surface area (TPSA) is 71.5 Å². The number of nitrogens with one attached hydrogen (secondary N) is 1. The molecule has 0 radical (unpaired) electrons. The van der Waals surface area contributed by atoms with Crippen LogP contribution in [-0.2, 0) is 4.74 Å². The fourth-order valence-electron chi connectivity index (χ4n) is 1.91. The minimum Gasteiger partial charge on any atom is -0.478 e. The van der Waals surface area contributed by atoms with Crippen LogP contribution in [0.25, 0.3) is 10.9 Å². The normalized spacial score (nSPS) is 10.9. The number of ether oxygens (including phenoxy) is 1. The second-order valence-electron chi connectivity index (χ2n) is 4.72. The lowest BCUT2D eigenvalue weighted by molar-refractivity contribution is 0.0699. The molecule has 2 aromatic rings. The van der Waals surface area contributed by atoms with Crippen molar-refractivity contribution in [3.8, 4) is 0 Å². The molecular formula is C15H18N2O3. The number of carboxylic acid groups (broad SMARTS) is 1. The Morgan fingerprint density at radius 3 is 2.85 bits per heavy atom. The van der Waals surface area contributed by atoms with Crippen molar-refractivity contribution in [2.24, 2.45) is 0 Å². The number of pyridine rings is 1. The summed E-state index contributed by atoms with van der Waals surface area (Å²) in [5.74, 6) is -0.226. The van der Waals surface area contributed by atoms with E-state index in [0.717, 1.165) is 0 Å². The van der Waals surface area contributed by atoms with Crippen molar-refractivity contribution in [3.63, 3.8) is 0 Å². The van der Waals surface area contributed by atoms with Crippen LogP contribution in [0.15, 0.2) is 30.3 Å². The average Bonchev–Trinajstić information content (AvgIpc) is 2.42. The summed E-state index contributed by atoms with van der Waals surface area (Å²) < 4.78 is 5.43. The molecule has 0 saturated carbocycles. The SMILES string of the molecule is CC(C)OCCNc1ccc2c(C(=O)O)cccc2n1. The van der Waals surface area contributed by atoms with Crippen molar-refractivity contribution >= 4 is 22.7 Å². The molecular weight excluding hydrogens is 256 g/mol. The van der Waals surface area contributed by atoms with Gasteiger partial charge >= 0.3 is 5.97 Å². The third-order valence-corrected chi connectivity index (χ3v) is 2.82. The van der Waals surface area contributed by atoms with Crippen LogP contribution >= 0.6 is 0 Å². The van der Waals surface area contributed by atoms with Crippen molar-refractivity contribution in [1.29, 1.82) is 0 Å². The van der Waals surface area contributed by atoms with Gasteiger partial charge in [0, 0.05) is 11.9 Å². The smallest absolute Gasteiger partial charge is 0.336 e. The van der Waals surface area contributed by atoms with Crippen LogP contribution in [0.4, 0.5) is 5.82 Å². The van der Waals surface area contributed by atoms with E-state index in [4.69, 9.17) is 9.84 Å². The van der Waals surface area contributed by atoms with Crippen LogP contribution in [0.3, 0.4) is 0 Å². The van der Waals surface area contributed by atoms with E-state index in [1.807, 2.05) is 13.8 Å². The number of benzene rings is 1. The summed E-state index contributed by atoms with van der Waals surface area (Å²) >= 11 is 0. The highest BCUT2D eigenvalue weighted by Crippen LogP contribution is 2.19. The van der Waals surface area contributed by atoms with E-state index in [0.29, 0.717) is 29.9 Å². The van der Waals surface area contributed by atoms with E-state index in [2.05, 4.69) is 10.3 Å². The zero-order chi connectivity index (χ0) is 14.5. The summed E-state index contributed by atoms with van der Waals surface area (Å²) in [6.07, 6.45) is 0.208. The van der Waals surface area contributed by atoms with Crippen LogP contribution < -0.4 is 5.32 Å². The van der Waals surface area contributed by atoms with Gasteiger partial charge in [0.05, 0.1) is 23.8 Å². The quantitative estimate of drug-likeness (QED) is 0.792. The minimum absolute atomic E-state index is 0.208. The Morgan fingerprint density at radius 2 is 2.15 bits per heavy atom. The van der Waals surface area contributed by atoms with Crippen LogP contribution in [-0.4, -0.2) is 35.3 Å². The number of hydrogen-bond donors (Lipinski definition) is 2. The highest BCUT2D eigenvalue weighted by Gasteiger charge is 2.08. The number of carbonyl (C=O) groups is 1. The predicted molar refractivity (Wildman–Crippen MR) is 78.3 cm³/mol. The van der Waals surface area contributed by atoms with Gasteiger partial charge in [0.2, 0.25) is 0 Å². The monoisotopic (exact) mass is 274 g/mol. The van der Waals surface area contributed by atoms with Crippen molar-refractivity contribution in [2.45, 2.75) is 20.0 Å². The first-order chi connectivity index (χ1) is 9.58. The van der Waals surface area contributed by atoms with Gasteiger partial charge in [0.25, 0.3) is 0 Å². The first-order valence-corrected chi connectivity index (χ1v) is 6.56. The number of anilines is 1. The molecule has 0 aliphatic rings. The van der Waals surface area contributed by atoms with Gasteiger partial charge in [-0.2, -0.15) is 0 Å². The second-order valence-corrected chi connectivity index (χ2v) is 4.72. The molecule has 1 aromatic carbocycles. The highest BCUT2D eigenvalue weighted by atomic mass is 16.5. The van der Waals surface area contributed by atoms with E-state index in [9.17, 15) is 4.79 Å². The Bertz CT molecular complexity index is 611. The molecule has 0 atom stereocenters. The van der Waals surface area contributed by atoms with Crippen molar-refractivity contribution in [2.75, 3.05) is 18.5 Å². The number of rotatable bonds is 6. The van der Waals surface area contributed by atoms with E-state index >= 15 is 0 Å². The highest BCUT2D eigenvalue weighted by molar-refractivity contribution is 6.02. The molecule has 0 fully saturated rings. The third-order valence-electron chi connectivity index (χ3n) is 2.82. The van der Waals surface area contributed by atoms with Crippen LogP contribution in [0.2, 0.25) is 0 Å². The number of hydrogen-bond acceptors (Lipinski definition) is 4. The maximum atomic E-state index is 11.1. The van der Waals surface area contributed by atoms with Gasteiger partial charge in [0.15, 0.2) is 0 Å². The molecule has 106 valence electrons. The number of nitrogens with zero attached hydrogens (tertiary/aromatic N) is 1. The molecule has 0 saturated heterocycles. The summed E-state index contributed by atoms with van der Waals surface area (Å²) in [6, 6.07) is 8.64. The third kappa shape index (κ3) is 3.45. The Labute approximate surface area is 117 Å². The predicted octanol–water partition coefficient (Wildman–Crippen LogP) is 2.77. The summed E-state index contributed by atoms with van der Waals surface area (Å²) in [5, 5.41) is 12.9. The molecule has 0 aliphatic carbocycles. The number of fused-ring (bicyclic) bond motifs is 1. The first-order valence-electron chi connectivity index (χ1n) is 6.56. The molecule has 2 N–H and O–H groups in total. The molecule has 2 rings (SSSR count). The van der Waals surface area contributed by atoms with Gasteiger partial charge < -0.3 is 15.2 Å². The molecule has 5 nitrogen and oxygen atoms in total. The molecule has 0 aliphatic heterocycles. The summed E-state index contributed by atoms with van der Waals surface area (Å²) in [5.41, 5.74) is 0.935. The first kappa shape index (κ1) is 14.3. The molecule has 0 amide bonds.